The molecule has 0 radical (unpaired) electrons. The molecule has 0 aliphatic heterocycles. The van der Waals surface area contributed by atoms with Crippen LogP contribution in [0.5, 0.6) is 0 Å². The lowest BCUT2D eigenvalue weighted by Gasteiger charge is -2.07. The van der Waals surface area contributed by atoms with Crippen LogP contribution in [-0.4, -0.2) is 28.2 Å². The molecule has 0 atom stereocenters. The van der Waals surface area contributed by atoms with Gasteiger partial charge in [-0.15, -0.1) is 11.8 Å². The summed E-state index contributed by atoms with van der Waals surface area (Å²) in [5.74, 6) is -0.311. The number of carbonyl (C=O) groups is 2. The van der Waals surface area contributed by atoms with Crippen molar-refractivity contribution in [3.05, 3.63) is 63.7 Å². The minimum atomic E-state index is -0.491. The van der Waals surface area contributed by atoms with Crippen LogP contribution in [0.3, 0.4) is 0 Å². The molecule has 2 amide bonds. The van der Waals surface area contributed by atoms with Gasteiger partial charge in [0.1, 0.15) is 0 Å². The molecule has 0 aliphatic rings. The van der Waals surface area contributed by atoms with E-state index in [-0.39, 0.29) is 29.0 Å². The number of benzene rings is 2. The third kappa shape index (κ3) is 5.89. The van der Waals surface area contributed by atoms with Crippen molar-refractivity contribution in [2.75, 3.05) is 22.1 Å². The van der Waals surface area contributed by atoms with Crippen LogP contribution in [0.4, 0.5) is 17.1 Å². The van der Waals surface area contributed by atoms with Crippen molar-refractivity contribution in [1.82, 2.24) is 0 Å². The average Bonchev–Trinajstić information content (AvgIpc) is 2.56. The monoisotopic (exact) mass is 373 g/mol. The fourth-order valence-corrected chi connectivity index (χ4v) is 2.85. The number of carbonyl (C=O) groups excluding carboxylic acids is 2. The van der Waals surface area contributed by atoms with Crippen LogP contribution in [-0.2, 0) is 9.59 Å². The zero-order valence-electron chi connectivity index (χ0n) is 14.4. The molecule has 8 heteroatoms. The van der Waals surface area contributed by atoms with E-state index in [9.17, 15) is 19.7 Å². The van der Waals surface area contributed by atoms with Gasteiger partial charge < -0.3 is 10.6 Å². The molecule has 0 heterocycles. The molecule has 2 N–H and O–H groups in total. The van der Waals surface area contributed by atoms with E-state index in [1.54, 1.807) is 25.1 Å². The van der Waals surface area contributed by atoms with Crippen molar-refractivity contribution in [1.29, 1.82) is 0 Å². The summed E-state index contributed by atoms with van der Waals surface area (Å²) in [6.07, 6.45) is 0. The smallest absolute Gasteiger partial charge is 0.274 e. The molecule has 26 heavy (non-hydrogen) atoms. The summed E-state index contributed by atoms with van der Waals surface area (Å²) in [6, 6.07) is 12.0. The number of nitro groups is 1. The summed E-state index contributed by atoms with van der Waals surface area (Å²) in [5, 5.41) is 16.3. The number of nitro benzene ring substituents is 1. The van der Waals surface area contributed by atoms with Gasteiger partial charge in [-0.1, -0.05) is 18.2 Å². The number of aryl methyl sites for hydroxylation is 2. The summed E-state index contributed by atoms with van der Waals surface area (Å²) in [4.78, 5) is 34.2. The van der Waals surface area contributed by atoms with Crippen LogP contribution >= 0.6 is 11.8 Å². The Bertz CT molecular complexity index is 839. The number of anilines is 2. The SMILES string of the molecule is Cc1cccc(NC(=O)CSCC(=O)Nc2ccc(C)c([N+](=O)[O-])c2)c1. The van der Waals surface area contributed by atoms with Gasteiger partial charge in [-0.3, -0.25) is 19.7 Å². The van der Waals surface area contributed by atoms with Crippen LogP contribution in [0, 0.1) is 24.0 Å². The topological polar surface area (TPSA) is 101 Å². The molecular weight excluding hydrogens is 354 g/mol. The average molecular weight is 373 g/mol. The van der Waals surface area contributed by atoms with Gasteiger partial charge in [0, 0.05) is 23.0 Å². The molecule has 0 unspecified atom stereocenters. The standard InChI is InChI=1S/C18H19N3O4S/c1-12-4-3-5-14(8-12)19-17(22)10-26-11-18(23)20-15-7-6-13(2)16(9-15)21(24)25/h3-9H,10-11H2,1-2H3,(H,19,22)(H,20,23). The van der Waals surface area contributed by atoms with Gasteiger partial charge in [-0.05, 0) is 37.6 Å². The van der Waals surface area contributed by atoms with Crippen molar-refractivity contribution < 1.29 is 14.5 Å². The Morgan fingerprint density at radius 3 is 2.19 bits per heavy atom. The molecule has 2 aromatic carbocycles. The first kappa shape index (κ1) is 19.5. The Morgan fingerprint density at radius 1 is 1.00 bits per heavy atom. The molecule has 136 valence electrons. The number of nitrogens with zero attached hydrogens (tertiary/aromatic N) is 1. The summed E-state index contributed by atoms with van der Waals surface area (Å²) in [7, 11) is 0. The Balaban J connectivity index is 1.79. The lowest BCUT2D eigenvalue weighted by atomic mass is 10.2. The molecule has 0 saturated heterocycles. The van der Waals surface area contributed by atoms with Gasteiger partial charge in [0.15, 0.2) is 0 Å². The van der Waals surface area contributed by atoms with Crippen LogP contribution < -0.4 is 10.6 Å². The second-order valence-electron chi connectivity index (χ2n) is 5.72. The maximum Gasteiger partial charge on any atom is 0.274 e. The highest BCUT2D eigenvalue weighted by Crippen LogP contribution is 2.22. The molecular formula is C18H19N3O4S. The molecule has 0 fully saturated rings. The highest BCUT2D eigenvalue weighted by atomic mass is 32.2. The van der Waals surface area contributed by atoms with E-state index in [2.05, 4.69) is 10.6 Å². The molecule has 2 rings (SSSR count). The van der Waals surface area contributed by atoms with Crippen LogP contribution in [0.2, 0.25) is 0 Å². The third-order valence-electron chi connectivity index (χ3n) is 3.46. The van der Waals surface area contributed by atoms with Gasteiger partial charge in [-0.2, -0.15) is 0 Å². The molecule has 2 aromatic rings. The number of hydrogen-bond donors (Lipinski definition) is 2. The number of amides is 2. The minimum absolute atomic E-state index is 0.0482. The zero-order chi connectivity index (χ0) is 19.1. The zero-order valence-corrected chi connectivity index (χ0v) is 15.3. The maximum absolute atomic E-state index is 11.9. The number of hydrogen-bond acceptors (Lipinski definition) is 5. The third-order valence-corrected chi connectivity index (χ3v) is 4.39. The summed E-state index contributed by atoms with van der Waals surface area (Å²) in [5.41, 5.74) is 2.59. The van der Waals surface area contributed by atoms with Gasteiger partial charge >= 0.3 is 0 Å². The van der Waals surface area contributed by atoms with E-state index in [0.717, 1.165) is 5.56 Å². The molecule has 0 spiro atoms. The fraction of sp³-hybridized carbons (Fsp3) is 0.222. The quantitative estimate of drug-likeness (QED) is 0.571. The van der Waals surface area contributed by atoms with E-state index >= 15 is 0 Å². The number of nitrogens with one attached hydrogen (secondary N) is 2. The summed E-state index contributed by atoms with van der Waals surface area (Å²) >= 11 is 1.17. The largest absolute Gasteiger partial charge is 0.325 e. The Hall–Kier alpha value is -2.87. The van der Waals surface area contributed by atoms with E-state index in [0.29, 0.717) is 16.9 Å². The van der Waals surface area contributed by atoms with Crippen molar-refractivity contribution in [3.8, 4) is 0 Å². The molecule has 0 bridgehead atoms. The van der Waals surface area contributed by atoms with Crippen LogP contribution in [0.15, 0.2) is 42.5 Å². The minimum Gasteiger partial charge on any atom is -0.325 e. The molecule has 7 nitrogen and oxygen atoms in total. The first-order valence-corrected chi connectivity index (χ1v) is 9.00. The van der Waals surface area contributed by atoms with Gasteiger partial charge in [0.05, 0.1) is 16.4 Å². The first-order valence-electron chi connectivity index (χ1n) is 7.84. The van der Waals surface area contributed by atoms with Crippen LogP contribution in [0.25, 0.3) is 0 Å². The molecule has 0 aromatic heterocycles. The predicted molar refractivity (Wildman–Crippen MR) is 104 cm³/mol. The van der Waals surface area contributed by atoms with E-state index in [4.69, 9.17) is 0 Å². The fourth-order valence-electron chi connectivity index (χ4n) is 2.24. The first-order chi connectivity index (χ1) is 12.3. The lowest BCUT2D eigenvalue weighted by Crippen LogP contribution is -2.18. The second-order valence-corrected chi connectivity index (χ2v) is 6.70. The van der Waals surface area contributed by atoms with Crippen molar-refractivity contribution >= 4 is 40.6 Å². The van der Waals surface area contributed by atoms with E-state index < -0.39 is 4.92 Å². The van der Waals surface area contributed by atoms with Gasteiger partial charge in [0.2, 0.25) is 11.8 Å². The van der Waals surface area contributed by atoms with Crippen molar-refractivity contribution in [2.24, 2.45) is 0 Å². The molecule has 0 saturated carbocycles. The van der Waals surface area contributed by atoms with Gasteiger partial charge in [-0.25, -0.2) is 0 Å². The molecule has 0 aliphatic carbocycles. The van der Waals surface area contributed by atoms with Crippen LogP contribution in [0.1, 0.15) is 11.1 Å². The van der Waals surface area contributed by atoms with Gasteiger partial charge in [0.25, 0.3) is 5.69 Å². The Kier molecular flexibility index (Phi) is 6.74. The normalized spacial score (nSPS) is 10.2. The Labute approximate surface area is 155 Å². The van der Waals surface area contributed by atoms with E-state index in [1.165, 1.54) is 17.8 Å². The van der Waals surface area contributed by atoms with Crippen molar-refractivity contribution in [3.63, 3.8) is 0 Å². The number of thioether (sulfide) groups is 1. The highest BCUT2D eigenvalue weighted by Gasteiger charge is 2.13. The summed E-state index contributed by atoms with van der Waals surface area (Å²) < 4.78 is 0. The Morgan fingerprint density at radius 2 is 1.62 bits per heavy atom. The second kappa shape index (κ2) is 9.00. The lowest BCUT2D eigenvalue weighted by molar-refractivity contribution is -0.385. The highest BCUT2D eigenvalue weighted by molar-refractivity contribution is 8.00. The maximum atomic E-state index is 11.9. The summed E-state index contributed by atoms with van der Waals surface area (Å²) in [6.45, 7) is 3.57. The number of rotatable bonds is 7. The van der Waals surface area contributed by atoms with Crippen molar-refractivity contribution in [2.45, 2.75) is 13.8 Å². The predicted octanol–water partition coefficient (Wildman–Crippen LogP) is 3.52. The van der Waals surface area contributed by atoms with E-state index in [1.807, 2.05) is 25.1 Å².